The summed E-state index contributed by atoms with van der Waals surface area (Å²) < 4.78 is 0. The van der Waals surface area contributed by atoms with Crippen LogP contribution in [-0.2, 0) is 6.54 Å². The molecule has 0 amide bonds. The van der Waals surface area contributed by atoms with E-state index in [0.29, 0.717) is 6.54 Å². The molecule has 1 aliphatic heterocycles. The summed E-state index contributed by atoms with van der Waals surface area (Å²) in [5, 5.41) is 3.57. The van der Waals surface area contributed by atoms with Crippen LogP contribution in [0, 0.1) is 19.8 Å². The number of piperidine rings is 1. The van der Waals surface area contributed by atoms with Gasteiger partial charge in [0.1, 0.15) is 0 Å². The molecule has 3 heteroatoms. The van der Waals surface area contributed by atoms with Gasteiger partial charge < -0.3 is 16.0 Å². The molecule has 0 aromatic heterocycles. The van der Waals surface area contributed by atoms with Gasteiger partial charge >= 0.3 is 0 Å². The zero-order valence-electron chi connectivity index (χ0n) is 15.1. The Hall–Kier alpha value is -2.00. The molecule has 1 fully saturated rings. The fourth-order valence-electron chi connectivity index (χ4n) is 3.46. The van der Waals surface area contributed by atoms with Crippen LogP contribution in [-0.4, -0.2) is 13.1 Å². The van der Waals surface area contributed by atoms with Crippen molar-refractivity contribution in [3.63, 3.8) is 0 Å². The van der Waals surface area contributed by atoms with E-state index in [-0.39, 0.29) is 0 Å². The zero-order valence-corrected chi connectivity index (χ0v) is 15.1. The molecule has 2 aromatic rings. The van der Waals surface area contributed by atoms with Crippen LogP contribution < -0.4 is 16.0 Å². The van der Waals surface area contributed by atoms with Crippen LogP contribution in [0.2, 0.25) is 0 Å². The first-order valence-electron chi connectivity index (χ1n) is 8.99. The number of hydrogen-bond donors (Lipinski definition) is 2. The Morgan fingerprint density at radius 1 is 1.04 bits per heavy atom. The summed E-state index contributed by atoms with van der Waals surface area (Å²) in [4.78, 5) is 2.53. The fourth-order valence-corrected chi connectivity index (χ4v) is 3.46. The lowest BCUT2D eigenvalue weighted by Gasteiger charge is -2.33. The molecule has 3 rings (SSSR count). The van der Waals surface area contributed by atoms with Crippen LogP contribution in [0.1, 0.15) is 36.5 Å². The summed E-state index contributed by atoms with van der Waals surface area (Å²) in [5.74, 6) is 0.862. The maximum Gasteiger partial charge on any atom is 0.0445 e. The molecular weight excluding hydrogens is 294 g/mol. The Kier molecular flexibility index (Phi) is 5.10. The molecule has 0 radical (unpaired) electrons. The van der Waals surface area contributed by atoms with Crippen molar-refractivity contribution >= 4 is 17.1 Å². The fraction of sp³-hybridized carbons (Fsp3) is 0.429. The van der Waals surface area contributed by atoms with Gasteiger partial charge in [-0.1, -0.05) is 19.1 Å². The van der Waals surface area contributed by atoms with Crippen molar-refractivity contribution in [3.8, 4) is 0 Å². The number of aryl methyl sites for hydroxylation is 2. The Morgan fingerprint density at radius 3 is 2.17 bits per heavy atom. The van der Waals surface area contributed by atoms with Crippen LogP contribution in [0.3, 0.4) is 0 Å². The average molecular weight is 323 g/mol. The average Bonchev–Trinajstić information content (AvgIpc) is 2.59. The van der Waals surface area contributed by atoms with E-state index >= 15 is 0 Å². The van der Waals surface area contributed by atoms with E-state index in [0.717, 1.165) is 17.2 Å². The molecule has 0 aliphatic carbocycles. The summed E-state index contributed by atoms with van der Waals surface area (Å²) in [5.41, 5.74) is 13.1. The minimum atomic E-state index is 0.585. The second-order valence-electron chi connectivity index (χ2n) is 7.15. The molecule has 0 bridgehead atoms. The third-order valence-corrected chi connectivity index (χ3v) is 5.13. The Labute approximate surface area is 145 Å². The van der Waals surface area contributed by atoms with Gasteiger partial charge in [-0.25, -0.2) is 0 Å². The summed E-state index contributed by atoms with van der Waals surface area (Å²) >= 11 is 0. The maximum absolute atomic E-state index is 5.67. The number of rotatable bonds is 4. The summed E-state index contributed by atoms with van der Waals surface area (Å²) in [6.45, 7) is 9.68. The Morgan fingerprint density at radius 2 is 1.62 bits per heavy atom. The van der Waals surface area contributed by atoms with Crippen LogP contribution in [0.4, 0.5) is 17.1 Å². The molecule has 3 nitrogen and oxygen atoms in total. The Bertz CT molecular complexity index is 660. The van der Waals surface area contributed by atoms with Crippen molar-refractivity contribution in [2.75, 3.05) is 23.3 Å². The van der Waals surface area contributed by atoms with E-state index in [1.165, 1.54) is 48.4 Å². The topological polar surface area (TPSA) is 41.3 Å². The largest absolute Gasteiger partial charge is 0.371 e. The standard InChI is InChI=1S/C21H29N3/c1-15-8-10-24(11-9-15)20-12-16(2)21(17(3)13-20)23-19-6-4-18(14-22)5-7-19/h4-7,12-13,15,23H,8-11,14,22H2,1-3H3. The van der Waals surface area contributed by atoms with E-state index in [1.807, 2.05) is 0 Å². The SMILES string of the molecule is Cc1cc(N2CCC(C)CC2)cc(C)c1Nc1ccc(CN)cc1. The van der Waals surface area contributed by atoms with Crippen molar-refractivity contribution in [2.45, 2.75) is 40.2 Å². The molecule has 0 spiro atoms. The molecule has 1 saturated heterocycles. The zero-order chi connectivity index (χ0) is 17.1. The number of anilines is 3. The molecule has 1 aliphatic rings. The van der Waals surface area contributed by atoms with Crippen molar-refractivity contribution in [1.82, 2.24) is 0 Å². The van der Waals surface area contributed by atoms with E-state index < -0.39 is 0 Å². The molecule has 2 aromatic carbocycles. The van der Waals surface area contributed by atoms with Gasteiger partial charge in [-0.3, -0.25) is 0 Å². The number of hydrogen-bond acceptors (Lipinski definition) is 3. The van der Waals surface area contributed by atoms with E-state index in [4.69, 9.17) is 5.73 Å². The lowest BCUT2D eigenvalue weighted by atomic mass is 9.98. The van der Waals surface area contributed by atoms with Gasteiger partial charge in [-0.15, -0.1) is 0 Å². The number of nitrogens with one attached hydrogen (secondary N) is 1. The lowest BCUT2D eigenvalue weighted by Crippen LogP contribution is -2.32. The highest BCUT2D eigenvalue weighted by Gasteiger charge is 2.17. The first kappa shape index (κ1) is 16.8. The normalized spacial score (nSPS) is 15.6. The summed E-state index contributed by atoms with van der Waals surface area (Å²) in [6, 6.07) is 13.0. The van der Waals surface area contributed by atoms with E-state index in [2.05, 4.69) is 67.4 Å². The third-order valence-electron chi connectivity index (χ3n) is 5.13. The van der Waals surface area contributed by atoms with E-state index in [1.54, 1.807) is 0 Å². The minimum Gasteiger partial charge on any atom is -0.371 e. The highest BCUT2D eigenvalue weighted by Crippen LogP contribution is 2.31. The van der Waals surface area contributed by atoms with Crippen molar-refractivity contribution in [3.05, 3.63) is 53.1 Å². The Balaban J connectivity index is 1.79. The van der Waals surface area contributed by atoms with Crippen LogP contribution in [0.5, 0.6) is 0 Å². The van der Waals surface area contributed by atoms with Gasteiger partial charge in [0.25, 0.3) is 0 Å². The number of benzene rings is 2. The second kappa shape index (κ2) is 7.27. The van der Waals surface area contributed by atoms with Crippen LogP contribution in [0.25, 0.3) is 0 Å². The van der Waals surface area contributed by atoms with Crippen molar-refractivity contribution < 1.29 is 0 Å². The first-order valence-corrected chi connectivity index (χ1v) is 8.99. The molecule has 0 saturated carbocycles. The smallest absolute Gasteiger partial charge is 0.0445 e. The van der Waals surface area contributed by atoms with Gasteiger partial charge in [-0.2, -0.15) is 0 Å². The molecule has 1 heterocycles. The predicted molar refractivity (Wildman–Crippen MR) is 104 cm³/mol. The minimum absolute atomic E-state index is 0.585. The molecule has 3 N–H and O–H groups in total. The van der Waals surface area contributed by atoms with Crippen molar-refractivity contribution in [1.29, 1.82) is 0 Å². The lowest BCUT2D eigenvalue weighted by molar-refractivity contribution is 0.438. The molecule has 0 atom stereocenters. The third kappa shape index (κ3) is 3.73. The summed E-state index contributed by atoms with van der Waals surface area (Å²) in [6.07, 6.45) is 2.59. The quantitative estimate of drug-likeness (QED) is 0.853. The van der Waals surface area contributed by atoms with Gasteiger partial charge in [-0.05, 0) is 73.6 Å². The highest BCUT2D eigenvalue weighted by molar-refractivity contribution is 5.71. The van der Waals surface area contributed by atoms with Crippen molar-refractivity contribution in [2.24, 2.45) is 11.7 Å². The molecule has 0 unspecified atom stereocenters. The molecule has 24 heavy (non-hydrogen) atoms. The van der Waals surface area contributed by atoms with Crippen LogP contribution in [0.15, 0.2) is 36.4 Å². The molecule has 128 valence electrons. The first-order chi connectivity index (χ1) is 11.6. The number of nitrogens with two attached hydrogens (primary N) is 1. The maximum atomic E-state index is 5.67. The van der Waals surface area contributed by atoms with Gasteiger partial charge in [0, 0.05) is 36.7 Å². The van der Waals surface area contributed by atoms with Gasteiger partial charge in [0.05, 0.1) is 0 Å². The highest BCUT2D eigenvalue weighted by atomic mass is 15.1. The predicted octanol–water partition coefficient (Wildman–Crippen LogP) is 4.74. The van der Waals surface area contributed by atoms with Gasteiger partial charge in [0.15, 0.2) is 0 Å². The van der Waals surface area contributed by atoms with Crippen LogP contribution >= 0.6 is 0 Å². The summed E-state index contributed by atoms with van der Waals surface area (Å²) in [7, 11) is 0. The second-order valence-corrected chi connectivity index (χ2v) is 7.15. The monoisotopic (exact) mass is 323 g/mol. The molecular formula is C21H29N3. The number of nitrogens with zero attached hydrogens (tertiary/aromatic N) is 1. The van der Waals surface area contributed by atoms with E-state index in [9.17, 15) is 0 Å². The van der Waals surface area contributed by atoms with Gasteiger partial charge in [0.2, 0.25) is 0 Å².